The summed E-state index contributed by atoms with van der Waals surface area (Å²) in [5.74, 6) is 2.76. The Morgan fingerprint density at radius 1 is 1.28 bits per heavy atom. The molecule has 1 N–H and O–H groups in total. The third-order valence-electron chi connectivity index (χ3n) is 2.42. The largest absolute Gasteiger partial charge is 0.367 e. The molecule has 0 saturated heterocycles. The van der Waals surface area contributed by atoms with Gasteiger partial charge in [0.25, 0.3) is 0 Å². The first-order valence-corrected chi connectivity index (χ1v) is 7.19. The Morgan fingerprint density at radius 3 is 2.83 bits per heavy atom. The third-order valence-corrected chi connectivity index (χ3v) is 3.66. The van der Waals surface area contributed by atoms with Gasteiger partial charge in [0.15, 0.2) is 11.0 Å². The average Bonchev–Trinajstić information content (AvgIpc) is 2.41. The van der Waals surface area contributed by atoms with Crippen molar-refractivity contribution in [2.24, 2.45) is 0 Å². The lowest BCUT2D eigenvalue weighted by atomic mass is 10.2. The van der Waals surface area contributed by atoms with Gasteiger partial charge in [-0.05, 0) is 0 Å². The quantitative estimate of drug-likeness (QED) is 0.647. The van der Waals surface area contributed by atoms with Gasteiger partial charge in [0.05, 0.1) is 0 Å². The maximum absolute atomic E-state index is 6.01. The van der Waals surface area contributed by atoms with Crippen LogP contribution in [0.5, 0.6) is 0 Å². The van der Waals surface area contributed by atoms with Crippen LogP contribution in [0.4, 0.5) is 5.82 Å². The van der Waals surface area contributed by atoms with Gasteiger partial charge in [0.1, 0.15) is 0 Å². The Kier molecular flexibility index (Phi) is 4.84. The average molecular weight is 280 g/mol. The number of fused-ring (bicyclic) bond motifs is 1. The molecule has 2 rings (SSSR count). The summed E-state index contributed by atoms with van der Waals surface area (Å²) in [7, 11) is 0. The SMILES string of the molecule is C=CCSCCNc1nnc(Cl)c2ccccc12. The van der Waals surface area contributed by atoms with E-state index < -0.39 is 0 Å². The first-order chi connectivity index (χ1) is 8.83. The highest BCUT2D eigenvalue weighted by Crippen LogP contribution is 2.25. The number of aromatic nitrogens is 2. The Hall–Kier alpha value is -1.26. The van der Waals surface area contributed by atoms with Crippen LogP contribution in [0, 0.1) is 0 Å². The van der Waals surface area contributed by atoms with E-state index >= 15 is 0 Å². The number of benzene rings is 1. The predicted molar refractivity (Wildman–Crippen MR) is 80.6 cm³/mol. The third kappa shape index (κ3) is 3.15. The molecule has 0 bridgehead atoms. The molecule has 94 valence electrons. The molecule has 3 nitrogen and oxygen atoms in total. The summed E-state index contributed by atoms with van der Waals surface area (Å²) in [6, 6.07) is 7.86. The second-order valence-corrected chi connectivity index (χ2v) is 5.18. The molecule has 2 aromatic rings. The Morgan fingerprint density at radius 2 is 2.06 bits per heavy atom. The minimum atomic E-state index is 0.442. The topological polar surface area (TPSA) is 37.8 Å². The van der Waals surface area contributed by atoms with Gasteiger partial charge in [0, 0.05) is 28.8 Å². The van der Waals surface area contributed by atoms with Gasteiger partial charge >= 0.3 is 0 Å². The smallest absolute Gasteiger partial charge is 0.159 e. The van der Waals surface area contributed by atoms with Crippen LogP contribution >= 0.6 is 23.4 Å². The number of thioether (sulfide) groups is 1. The number of nitrogens with zero attached hydrogens (tertiary/aromatic N) is 2. The molecule has 5 heteroatoms. The Bertz CT molecular complexity index is 545. The molecule has 0 fully saturated rings. The van der Waals surface area contributed by atoms with E-state index in [1.165, 1.54) is 0 Å². The number of anilines is 1. The van der Waals surface area contributed by atoms with E-state index in [9.17, 15) is 0 Å². The van der Waals surface area contributed by atoms with Crippen molar-refractivity contribution in [2.75, 3.05) is 23.4 Å². The Balaban J connectivity index is 2.09. The number of hydrogen-bond acceptors (Lipinski definition) is 4. The van der Waals surface area contributed by atoms with Crippen molar-refractivity contribution in [3.63, 3.8) is 0 Å². The van der Waals surface area contributed by atoms with E-state index in [0.717, 1.165) is 34.6 Å². The molecule has 0 radical (unpaired) electrons. The number of halogens is 1. The fourth-order valence-electron chi connectivity index (χ4n) is 1.61. The molecule has 0 unspecified atom stereocenters. The van der Waals surface area contributed by atoms with E-state index in [-0.39, 0.29) is 0 Å². The van der Waals surface area contributed by atoms with Gasteiger partial charge < -0.3 is 5.32 Å². The lowest BCUT2D eigenvalue weighted by Crippen LogP contribution is -2.07. The highest BCUT2D eigenvalue weighted by molar-refractivity contribution is 7.99. The Labute approximate surface area is 116 Å². The van der Waals surface area contributed by atoms with Crippen LogP contribution in [0.25, 0.3) is 10.8 Å². The number of hydrogen-bond donors (Lipinski definition) is 1. The molecule has 0 aliphatic heterocycles. The van der Waals surface area contributed by atoms with Crippen molar-refractivity contribution < 1.29 is 0 Å². The van der Waals surface area contributed by atoms with E-state index in [1.54, 1.807) is 0 Å². The summed E-state index contributed by atoms with van der Waals surface area (Å²) in [6.07, 6.45) is 1.90. The van der Waals surface area contributed by atoms with Crippen LogP contribution in [0.2, 0.25) is 5.15 Å². The van der Waals surface area contributed by atoms with E-state index in [4.69, 9.17) is 11.6 Å². The molecule has 1 aromatic carbocycles. The van der Waals surface area contributed by atoms with Gasteiger partial charge in [-0.1, -0.05) is 41.9 Å². The predicted octanol–water partition coefficient (Wildman–Crippen LogP) is 3.61. The summed E-state index contributed by atoms with van der Waals surface area (Å²) >= 11 is 7.84. The number of nitrogens with one attached hydrogen (secondary N) is 1. The standard InChI is InChI=1S/C13H14ClN3S/c1-2-8-18-9-7-15-13-11-6-4-3-5-10(11)12(14)16-17-13/h2-6H,1,7-9H2,(H,15,17). The second kappa shape index (κ2) is 6.61. The van der Waals surface area contributed by atoms with Crippen LogP contribution < -0.4 is 5.32 Å². The molecule has 18 heavy (non-hydrogen) atoms. The molecule has 0 aliphatic carbocycles. The van der Waals surface area contributed by atoms with E-state index in [1.807, 2.05) is 42.1 Å². The highest BCUT2D eigenvalue weighted by Gasteiger charge is 2.06. The minimum absolute atomic E-state index is 0.442. The molecule has 0 saturated carbocycles. The summed E-state index contributed by atoms with van der Waals surface area (Å²) in [5.41, 5.74) is 0. The molecule has 0 spiro atoms. The fourth-order valence-corrected chi connectivity index (χ4v) is 2.39. The van der Waals surface area contributed by atoms with Gasteiger partial charge in [0.2, 0.25) is 0 Å². The van der Waals surface area contributed by atoms with Crippen molar-refractivity contribution in [2.45, 2.75) is 0 Å². The molecule has 0 amide bonds. The molecule has 0 atom stereocenters. The number of rotatable bonds is 6. The van der Waals surface area contributed by atoms with Crippen LogP contribution in [0.1, 0.15) is 0 Å². The lowest BCUT2D eigenvalue weighted by Gasteiger charge is -2.08. The van der Waals surface area contributed by atoms with Gasteiger partial charge in [-0.25, -0.2) is 0 Å². The van der Waals surface area contributed by atoms with Crippen LogP contribution in [-0.4, -0.2) is 28.2 Å². The molecular formula is C13H14ClN3S. The molecular weight excluding hydrogens is 266 g/mol. The maximum Gasteiger partial charge on any atom is 0.159 e. The molecule has 1 aromatic heterocycles. The van der Waals surface area contributed by atoms with Crippen molar-refractivity contribution in [3.05, 3.63) is 42.1 Å². The first-order valence-electron chi connectivity index (χ1n) is 5.66. The van der Waals surface area contributed by atoms with Crippen LogP contribution in [-0.2, 0) is 0 Å². The highest BCUT2D eigenvalue weighted by atomic mass is 35.5. The summed E-state index contributed by atoms with van der Waals surface area (Å²) < 4.78 is 0. The zero-order chi connectivity index (χ0) is 12.8. The summed E-state index contributed by atoms with van der Waals surface area (Å²) in [6.45, 7) is 4.53. The molecule has 1 heterocycles. The normalized spacial score (nSPS) is 10.5. The minimum Gasteiger partial charge on any atom is -0.367 e. The maximum atomic E-state index is 6.01. The lowest BCUT2D eigenvalue weighted by molar-refractivity contribution is 1.03. The summed E-state index contributed by atoms with van der Waals surface area (Å²) in [5, 5.41) is 13.7. The summed E-state index contributed by atoms with van der Waals surface area (Å²) in [4.78, 5) is 0. The van der Waals surface area contributed by atoms with Gasteiger partial charge in [-0.15, -0.1) is 16.8 Å². The fraction of sp³-hybridized carbons (Fsp3) is 0.231. The first kappa shape index (κ1) is 13.2. The van der Waals surface area contributed by atoms with Crippen molar-refractivity contribution in [1.82, 2.24) is 10.2 Å². The van der Waals surface area contributed by atoms with Crippen molar-refractivity contribution in [1.29, 1.82) is 0 Å². The second-order valence-electron chi connectivity index (χ2n) is 3.68. The van der Waals surface area contributed by atoms with Gasteiger partial charge in [-0.2, -0.15) is 11.8 Å². The van der Waals surface area contributed by atoms with E-state index in [2.05, 4.69) is 22.1 Å². The van der Waals surface area contributed by atoms with E-state index in [0.29, 0.717) is 5.15 Å². The van der Waals surface area contributed by atoms with Crippen molar-refractivity contribution >= 4 is 40.0 Å². The zero-order valence-corrected chi connectivity index (χ0v) is 11.5. The monoisotopic (exact) mass is 279 g/mol. The van der Waals surface area contributed by atoms with Crippen molar-refractivity contribution in [3.8, 4) is 0 Å². The van der Waals surface area contributed by atoms with Gasteiger partial charge in [-0.3, -0.25) is 0 Å². The molecule has 0 aliphatic rings. The van der Waals surface area contributed by atoms with Crippen LogP contribution in [0.3, 0.4) is 0 Å². The van der Waals surface area contributed by atoms with Crippen LogP contribution in [0.15, 0.2) is 36.9 Å². The zero-order valence-electron chi connectivity index (χ0n) is 9.90.